The number of nitrogens with two attached hydrogens (primary N) is 1. The Kier molecular flexibility index (Phi) is 4.24. The summed E-state index contributed by atoms with van der Waals surface area (Å²) in [6.45, 7) is 2.80. The fraction of sp³-hybridized carbons (Fsp3) is 0.750. The molecule has 0 aliphatic carbocycles. The molecule has 0 saturated carbocycles. The predicted molar refractivity (Wildman–Crippen MR) is 55.8 cm³/mol. The summed E-state index contributed by atoms with van der Waals surface area (Å²) in [5.74, 6) is 0.841. The Balaban J connectivity index is 2.31. The molecule has 74 valence electrons. The van der Waals surface area contributed by atoms with Crippen molar-refractivity contribution in [3.63, 3.8) is 0 Å². The lowest BCUT2D eigenvalue weighted by Gasteiger charge is -2.09. The zero-order valence-corrected chi connectivity index (χ0v) is 8.56. The van der Waals surface area contributed by atoms with Crippen LogP contribution in [0.4, 0.5) is 0 Å². The molecule has 1 unspecified atom stereocenters. The molecule has 0 aromatic heterocycles. The van der Waals surface area contributed by atoms with E-state index in [1.807, 2.05) is 6.92 Å². The van der Waals surface area contributed by atoms with Gasteiger partial charge < -0.3 is 11.1 Å². The highest BCUT2D eigenvalue weighted by Gasteiger charge is 2.16. The number of carbonyl (C=O) groups is 1. The first-order valence-corrected chi connectivity index (χ1v) is 5.46. The SMILES string of the molecule is CCCC(N)C(=O)NC1=NCCS1. The minimum atomic E-state index is -0.395. The van der Waals surface area contributed by atoms with E-state index in [1.165, 1.54) is 0 Å². The van der Waals surface area contributed by atoms with E-state index < -0.39 is 6.04 Å². The number of hydrogen-bond donors (Lipinski definition) is 2. The van der Waals surface area contributed by atoms with Crippen LogP contribution in [0.25, 0.3) is 0 Å². The third-order valence-electron chi connectivity index (χ3n) is 1.75. The van der Waals surface area contributed by atoms with Crippen LogP contribution < -0.4 is 11.1 Å². The molecule has 0 saturated heterocycles. The van der Waals surface area contributed by atoms with Crippen LogP contribution in [-0.4, -0.2) is 29.4 Å². The topological polar surface area (TPSA) is 67.5 Å². The molecular formula is C8H15N3OS. The number of amidine groups is 1. The number of rotatable bonds is 3. The quantitative estimate of drug-likeness (QED) is 0.691. The van der Waals surface area contributed by atoms with Crippen molar-refractivity contribution >= 4 is 22.8 Å². The summed E-state index contributed by atoms with van der Waals surface area (Å²) < 4.78 is 0. The molecule has 13 heavy (non-hydrogen) atoms. The normalized spacial score (nSPS) is 18.2. The molecule has 5 heteroatoms. The smallest absolute Gasteiger partial charge is 0.242 e. The highest BCUT2D eigenvalue weighted by Crippen LogP contribution is 2.09. The number of thioether (sulfide) groups is 1. The standard InChI is InChI=1S/C8H15N3OS/c1-2-3-6(9)7(12)11-8-10-4-5-13-8/h6H,2-5,9H2,1H3,(H,10,11,12). The van der Waals surface area contributed by atoms with Gasteiger partial charge in [-0.05, 0) is 6.42 Å². The second kappa shape index (κ2) is 5.24. The third-order valence-corrected chi connectivity index (χ3v) is 2.64. The maximum atomic E-state index is 11.4. The molecule has 1 atom stereocenters. The van der Waals surface area contributed by atoms with Crippen molar-refractivity contribution in [2.24, 2.45) is 10.7 Å². The summed E-state index contributed by atoms with van der Waals surface area (Å²) in [4.78, 5) is 15.5. The van der Waals surface area contributed by atoms with Gasteiger partial charge in [0.15, 0.2) is 5.17 Å². The van der Waals surface area contributed by atoms with E-state index in [9.17, 15) is 4.79 Å². The number of amides is 1. The Morgan fingerprint density at radius 3 is 3.15 bits per heavy atom. The highest BCUT2D eigenvalue weighted by atomic mass is 32.2. The van der Waals surface area contributed by atoms with Crippen LogP contribution in [-0.2, 0) is 4.79 Å². The average molecular weight is 201 g/mol. The second-order valence-corrected chi connectivity index (χ2v) is 4.00. The van der Waals surface area contributed by atoms with Gasteiger partial charge in [0.05, 0.1) is 12.6 Å². The Morgan fingerprint density at radius 1 is 1.85 bits per heavy atom. The van der Waals surface area contributed by atoms with Crippen molar-refractivity contribution in [1.82, 2.24) is 5.32 Å². The summed E-state index contributed by atoms with van der Waals surface area (Å²) in [7, 11) is 0. The third kappa shape index (κ3) is 3.36. The van der Waals surface area contributed by atoms with Gasteiger partial charge in [-0.25, -0.2) is 0 Å². The van der Waals surface area contributed by atoms with E-state index in [0.717, 1.165) is 30.3 Å². The van der Waals surface area contributed by atoms with Crippen molar-refractivity contribution in [2.45, 2.75) is 25.8 Å². The van der Waals surface area contributed by atoms with Crippen LogP contribution in [0.15, 0.2) is 4.99 Å². The zero-order chi connectivity index (χ0) is 9.68. The molecule has 0 aromatic rings. The van der Waals surface area contributed by atoms with Crippen LogP contribution in [0.1, 0.15) is 19.8 Å². The van der Waals surface area contributed by atoms with Gasteiger partial charge in [0.25, 0.3) is 0 Å². The van der Waals surface area contributed by atoms with Crippen LogP contribution in [0.2, 0.25) is 0 Å². The van der Waals surface area contributed by atoms with E-state index >= 15 is 0 Å². The number of carbonyl (C=O) groups excluding carboxylic acids is 1. The van der Waals surface area contributed by atoms with Gasteiger partial charge in [0.1, 0.15) is 0 Å². The molecule has 3 N–H and O–H groups in total. The molecule has 4 nitrogen and oxygen atoms in total. The molecule has 0 spiro atoms. The Morgan fingerprint density at radius 2 is 2.62 bits per heavy atom. The van der Waals surface area contributed by atoms with Gasteiger partial charge in [-0.15, -0.1) is 0 Å². The monoisotopic (exact) mass is 201 g/mol. The lowest BCUT2D eigenvalue weighted by Crippen LogP contribution is -2.42. The Hall–Kier alpha value is -0.550. The predicted octanol–water partition coefficient (Wildman–Crippen LogP) is 0.333. The van der Waals surface area contributed by atoms with Crippen LogP contribution in [0, 0.1) is 0 Å². The minimum absolute atomic E-state index is 0.116. The molecule has 0 aromatic carbocycles. The lowest BCUT2D eigenvalue weighted by molar-refractivity contribution is -0.121. The van der Waals surface area contributed by atoms with Crippen molar-refractivity contribution < 1.29 is 4.79 Å². The number of nitrogens with zero attached hydrogens (tertiary/aromatic N) is 1. The van der Waals surface area contributed by atoms with Gasteiger partial charge in [0.2, 0.25) is 5.91 Å². The first kappa shape index (κ1) is 10.5. The average Bonchev–Trinajstić information content (AvgIpc) is 2.57. The fourth-order valence-electron chi connectivity index (χ4n) is 1.05. The molecule has 1 aliphatic rings. The van der Waals surface area contributed by atoms with Crippen molar-refractivity contribution in [2.75, 3.05) is 12.3 Å². The summed E-state index contributed by atoms with van der Waals surface area (Å²) >= 11 is 1.57. The molecule has 1 aliphatic heterocycles. The molecule has 1 heterocycles. The van der Waals surface area contributed by atoms with Crippen LogP contribution in [0.3, 0.4) is 0 Å². The van der Waals surface area contributed by atoms with Gasteiger partial charge in [-0.3, -0.25) is 9.79 Å². The first-order chi connectivity index (χ1) is 6.24. The Bertz CT molecular complexity index is 217. The maximum absolute atomic E-state index is 11.4. The van der Waals surface area contributed by atoms with E-state index in [1.54, 1.807) is 11.8 Å². The summed E-state index contributed by atoms with van der Waals surface area (Å²) in [6, 6.07) is -0.395. The second-order valence-electron chi connectivity index (χ2n) is 2.92. The van der Waals surface area contributed by atoms with Crippen molar-refractivity contribution in [1.29, 1.82) is 0 Å². The molecule has 0 fully saturated rings. The lowest BCUT2D eigenvalue weighted by atomic mass is 10.2. The van der Waals surface area contributed by atoms with Crippen molar-refractivity contribution in [3.8, 4) is 0 Å². The summed E-state index contributed by atoms with van der Waals surface area (Å²) in [5, 5.41) is 3.43. The molecule has 0 bridgehead atoms. The largest absolute Gasteiger partial charge is 0.320 e. The fourth-order valence-corrected chi connectivity index (χ4v) is 1.78. The van der Waals surface area contributed by atoms with Crippen LogP contribution >= 0.6 is 11.8 Å². The highest BCUT2D eigenvalue weighted by molar-refractivity contribution is 8.14. The molecular weight excluding hydrogens is 186 g/mol. The molecule has 0 radical (unpaired) electrons. The van der Waals surface area contributed by atoms with E-state index in [4.69, 9.17) is 5.73 Å². The van der Waals surface area contributed by atoms with E-state index in [2.05, 4.69) is 10.3 Å². The Labute approximate surface area is 82.4 Å². The van der Waals surface area contributed by atoms with Crippen molar-refractivity contribution in [3.05, 3.63) is 0 Å². The first-order valence-electron chi connectivity index (χ1n) is 4.47. The van der Waals surface area contributed by atoms with Crippen LogP contribution in [0.5, 0.6) is 0 Å². The van der Waals surface area contributed by atoms with Gasteiger partial charge in [-0.2, -0.15) is 0 Å². The minimum Gasteiger partial charge on any atom is -0.320 e. The van der Waals surface area contributed by atoms with Gasteiger partial charge >= 0.3 is 0 Å². The van der Waals surface area contributed by atoms with Gasteiger partial charge in [-0.1, -0.05) is 25.1 Å². The van der Waals surface area contributed by atoms with E-state index in [-0.39, 0.29) is 5.91 Å². The summed E-state index contributed by atoms with van der Waals surface area (Å²) in [6.07, 6.45) is 1.65. The number of nitrogens with one attached hydrogen (secondary N) is 1. The number of aliphatic imine (C=N–C) groups is 1. The van der Waals surface area contributed by atoms with E-state index in [0.29, 0.717) is 0 Å². The molecule has 1 amide bonds. The maximum Gasteiger partial charge on any atom is 0.242 e. The number of hydrogen-bond acceptors (Lipinski definition) is 4. The molecule has 1 rings (SSSR count). The summed E-state index contributed by atoms with van der Waals surface area (Å²) in [5.41, 5.74) is 5.63. The van der Waals surface area contributed by atoms with Gasteiger partial charge in [0, 0.05) is 5.75 Å². The zero-order valence-electron chi connectivity index (χ0n) is 7.75.